The Bertz CT molecular complexity index is 841. The van der Waals surface area contributed by atoms with E-state index in [9.17, 15) is 14.4 Å². The summed E-state index contributed by atoms with van der Waals surface area (Å²) in [6.45, 7) is 9.00. The molecule has 0 fully saturated rings. The van der Waals surface area contributed by atoms with E-state index in [2.05, 4.69) is 27.7 Å². The van der Waals surface area contributed by atoms with Crippen LogP contribution in [0.1, 0.15) is 278 Å². The minimum atomic E-state index is -0.759. The second-order valence-corrected chi connectivity index (χ2v) is 17.6. The fourth-order valence-corrected chi connectivity index (χ4v) is 7.51. The van der Waals surface area contributed by atoms with Crippen LogP contribution < -0.4 is 0 Å². The largest absolute Gasteiger partial charge is 0.462 e. The van der Waals surface area contributed by atoms with Crippen LogP contribution in [-0.2, 0) is 28.6 Å². The number of unbranched alkanes of at least 4 members (excludes halogenated alkanes) is 32. The number of ether oxygens (including phenoxy) is 3. The van der Waals surface area contributed by atoms with Crippen molar-refractivity contribution in [1.82, 2.24) is 0 Å². The zero-order valence-corrected chi connectivity index (χ0v) is 38.1. The maximum Gasteiger partial charge on any atom is 0.306 e. The zero-order chi connectivity index (χ0) is 41.0. The van der Waals surface area contributed by atoms with Gasteiger partial charge in [0, 0.05) is 19.3 Å². The van der Waals surface area contributed by atoms with Gasteiger partial charge in [0.1, 0.15) is 13.2 Å². The van der Waals surface area contributed by atoms with E-state index < -0.39 is 6.10 Å². The molecule has 0 aromatic carbocycles. The van der Waals surface area contributed by atoms with Crippen LogP contribution in [0.25, 0.3) is 0 Å². The van der Waals surface area contributed by atoms with E-state index in [0.717, 1.165) is 63.7 Å². The molecule has 0 radical (unpaired) electrons. The van der Waals surface area contributed by atoms with E-state index in [1.165, 1.54) is 173 Å². The number of carbonyl (C=O) groups is 3. The summed E-state index contributed by atoms with van der Waals surface area (Å²) in [6.07, 6.45) is 45.1. The van der Waals surface area contributed by atoms with E-state index in [4.69, 9.17) is 14.2 Å². The first-order chi connectivity index (χ1) is 27.4. The molecule has 0 aliphatic heterocycles. The molecule has 0 aromatic heterocycles. The van der Waals surface area contributed by atoms with Gasteiger partial charge in [-0.25, -0.2) is 0 Å². The van der Waals surface area contributed by atoms with Gasteiger partial charge in [-0.15, -0.1) is 0 Å². The smallest absolute Gasteiger partial charge is 0.306 e. The van der Waals surface area contributed by atoms with E-state index in [-0.39, 0.29) is 31.1 Å². The summed E-state index contributed by atoms with van der Waals surface area (Å²) in [4.78, 5) is 37.8. The predicted molar refractivity (Wildman–Crippen MR) is 238 cm³/mol. The van der Waals surface area contributed by atoms with Crippen LogP contribution in [0, 0.1) is 5.92 Å². The lowest BCUT2D eigenvalue weighted by molar-refractivity contribution is -0.167. The molecule has 0 unspecified atom stereocenters. The summed E-state index contributed by atoms with van der Waals surface area (Å²) < 4.78 is 16.8. The third kappa shape index (κ3) is 43.5. The van der Waals surface area contributed by atoms with Crippen molar-refractivity contribution < 1.29 is 28.6 Å². The molecule has 0 N–H and O–H groups in total. The van der Waals surface area contributed by atoms with Gasteiger partial charge >= 0.3 is 17.9 Å². The first-order valence-electron chi connectivity index (χ1n) is 24.9. The summed E-state index contributed by atoms with van der Waals surface area (Å²) in [5, 5.41) is 0. The molecule has 0 aliphatic carbocycles. The standard InChI is InChI=1S/C50H96O6/c1-5-7-9-11-13-15-16-17-18-19-22-26-30-34-38-42-49(52)55-45-47(44-54-48(51)41-37-33-29-24-14-12-10-8-6-2)56-50(53)43-39-35-31-27-23-20-21-25-28-32-36-40-46(3)4/h46-47H,5-45H2,1-4H3/t47-/m1/s1. The summed E-state index contributed by atoms with van der Waals surface area (Å²) in [7, 11) is 0. The van der Waals surface area contributed by atoms with Crippen LogP contribution in [0.3, 0.4) is 0 Å². The highest BCUT2D eigenvalue weighted by Gasteiger charge is 2.19. The molecule has 0 saturated heterocycles. The van der Waals surface area contributed by atoms with Crippen molar-refractivity contribution in [2.75, 3.05) is 13.2 Å². The van der Waals surface area contributed by atoms with E-state index in [0.29, 0.717) is 19.3 Å². The summed E-state index contributed by atoms with van der Waals surface area (Å²) >= 11 is 0. The molecule has 0 aromatic rings. The lowest BCUT2D eigenvalue weighted by Gasteiger charge is -2.18. The molecule has 6 heteroatoms. The molecule has 0 heterocycles. The SMILES string of the molecule is CCCCCCCCCCCCCCCCCC(=O)OC[C@@H](COC(=O)CCCCCCCCCCC)OC(=O)CCCCCCCCCCCCCC(C)C. The van der Waals surface area contributed by atoms with Crippen LogP contribution in [0.15, 0.2) is 0 Å². The fraction of sp³-hybridized carbons (Fsp3) is 0.940. The van der Waals surface area contributed by atoms with Gasteiger partial charge in [0.2, 0.25) is 0 Å². The topological polar surface area (TPSA) is 78.9 Å². The molecule has 56 heavy (non-hydrogen) atoms. The summed E-state index contributed by atoms with van der Waals surface area (Å²) in [6, 6.07) is 0. The second-order valence-electron chi connectivity index (χ2n) is 17.6. The molecular weight excluding hydrogens is 697 g/mol. The highest BCUT2D eigenvalue weighted by Crippen LogP contribution is 2.17. The molecule has 0 spiro atoms. The lowest BCUT2D eigenvalue weighted by atomic mass is 10.0. The number of carbonyl (C=O) groups excluding carboxylic acids is 3. The molecule has 1 atom stereocenters. The molecule has 6 nitrogen and oxygen atoms in total. The van der Waals surface area contributed by atoms with E-state index >= 15 is 0 Å². The summed E-state index contributed by atoms with van der Waals surface area (Å²) in [5.74, 6) is -0.0249. The first-order valence-corrected chi connectivity index (χ1v) is 24.9. The van der Waals surface area contributed by atoms with E-state index in [1.807, 2.05) is 0 Å². The average Bonchev–Trinajstić information content (AvgIpc) is 3.18. The quantitative estimate of drug-likeness (QED) is 0.0347. The van der Waals surface area contributed by atoms with Crippen molar-refractivity contribution in [3.63, 3.8) is 0 Å². The highest BCUT2D eigenvalue weighted by atomic mass is 16.6. The minimum absolute atomic E-state index is 0.0631. The highest BCUT2D eigenvalue weighted by molar-refractivity contribution is 5.71. The molecule has 0 rings (SSSR count). The Hall–Kier alpha value is -1.59. The first kappa shape index (κ1) is 54.4. The Labute approximate surface area is 348 Å². The van der Waals surface area contributed by atoms with Crippen LogP contribution in [0.5, 0.6) is 0 Å². The van der Waals surface area contributed by atoms with Crippen molar-refractivity contribution in [2.24, 2.45) is 5.92 Å². The average molecular weight is 793 g/mol. The Kier molecular flexibility index (Phi) is 43.2. The van der Waals surface area contributed by atoms with Gasteiger partial charge in [0.25, 0.3) is 0 Å². The predicted octanol–water partition coefficient (Wildman–Crippen LogP) is 15.9. The monoisotopic (exact) mass is 793 g/mol. The van der Waals surface area contributed by atoms with Crippen molar-refractivity contribution in [2.45, 2.75) is 284 Å². The minimum Gasteiger partial charge on any atom is -0.462 e. The van der Waals surface area contributed by atoms with E-state index in [1.54, 1.807) is 0 Å². The van der Waals surface area contributed by atoms with Crippen molar-refractivity contribution in [3.05, 3.63) is 0 Å². The fourth-order valence-electron chi connectivity index (χ4n) is 7.51. The maximum atomic E-state index is 12.7. The van der Waals surface area contributed by atoms with Gasteiger partial charge < -0.3 is 14.2 Å². The van der Waals surface area contributed by atoms with Crippen LogP contribution in [0.2, 0.25) is 0 Å². The number of esters is 3. The van der Waals surface area contributed by atoms with Crippen molar-refractivity contribution >= 4 is 17.9 Å². The Morgan fingerprint density at radius 3 is 0.875 bits per heavy atom. The molecular formula is C50H96O6. The van der Waals surface area contributed by atoms with Gasteiger partial charge in [-0.2, -0.15) is 0 Å². The van der Waals surface area contributed by atoms with Crippen LogP contribution in [-0.4, -0.2) is 37.2 Å². The summed E-state index contributed by atoms with van der Waals surface area (Å²) in [5.41, 5.74) is 0. The van der Waals surface area contributed by atoms with Gasteiger partial charge in [0.05, 0.1) is 0 Å². The van der Waals surface area contributed by atoms with Gasteiger partial charge in [-0.3, -0.25) is 14.4 Å². The zero-order valence-electron chi connectivity index (χ0n) is 38.1. The second kappa shape index (κ2) is 44.5. The van der Waals surface area contributed by atoms with Gasteiger partial charge in [0.15, 0.2) is 6.10 Å². The van der Waals surface area contributed by atoms with Crippen molar-refractivity contribution in [1.29, 1.82) is 0 Å². The van der Waals surface area contributed by atoms with Crippen LogP contribution in [0.4, 0.5) is 0 Å². The number of hydrogen-bond acceptors (Lipinski definition) is 6. The molecule has 0 amide bonds. The molecule has 0 aliphatic rings. The number of rotatable bonds is 45. The lowest BCUT2D eigenvalue weighted by Crippen LogP contribution is -2.30. The van der Waals surface area contributed by atoms with Gasteiger partial charge in [-0.05, 0) is 25.2 Å². The van der Waals surface area contributed by atoms with Crippen molar-refractivity contribution in [3.8, 4) is 0 Å². The maximum absolute atomic E-state index is 12.7. The third-order valence-corrected chi connectivity index (χ3v) is 11.3. The number of hydrogen-bond donors (Lipinski definition) is 0. The molecule has 332 valence electrons. The Morgan fingerprint density at radius 2 is 0.589 bits per heavy atom. The Balaban J connectivity index is 4.28. The molecule has 0 saturated carbocycles. The van der Waals surface area contributed by atoms with Gasteiger partial charge in [-0.1, -0.05) is 240 Å². The van der Waals surface area contributed by atoms with Crippen LogP contribution >= 0.6 is 0 Å². The Morgan fingerprint density at radius 1 is 0.339 bits per heavy atom. The normalized spacial score (nSPS) is 11.9. The third-order valence-electron chi connectivity index (χ3n) is 11.3. The molecule has 0 bridgehead atoms.